The van der Waals surface area contributed by atoms with Gasteiger partial charge in [0.1, 0.15) is 42.4 Å². The van der Waals surface area contributed by atoms with Gasteiger partial charge in [0.25, 0.3) is 0 Å². The molecule has 2 saturated heterocycles. The lowest BCUT2D eigenvalue weighted by Crippen LogP contribution is -2.52. The van der Waals surface area contributed by atoms with Crippen LogP contribution in [0.3, 0.4) is 0 Å². The minimum atomic E-state index is -4.72. The Morgan fingerprint density at radius 1 is 1.02 bits per heavy atom. The fraction of sp³-hybridized carbons (Fsp3) is 0.346. The second-order valence-electron chi connectivity index (χ2n) is 9.68. The summed E-state index contributed by atoms with van der Waals surface area (Å²) in [5.74, 6) is 0.0469. The molecule has 14 heteroatoms. The lowest BCUT2D eigenvalue weighted by molar-refractivity contribution is -0.196. The number of benzene rings is 2. The number of aliphatic hydroxyl groups is 2. The highest BCUT2D eigenvalue weighted by molar-refractivity contribution is 6.31. The summed E-state index contributed by atoms with van der Waals surface area (Å²) in [5, 5.41) is 31.5. The Bertz CT molecular complexity index is 1560. The lowest BCUT2D eigenvalue weighted by atomic mass is 9.91. The molecule has 6 rings (SSSR count). The average molecular weight is 596 g/mol. The Balaban J connectivity index is 1.44. The summed E-state index contributed by atoms with van der Waals surface area (Å²) < 4.78 is 56.2. The molecule has 4 aromatic rings. The standard InChI is InChI=1S/C26H22Cl2F3N5O4/c1-12-33-25(36(34-12)18-8-16(28)5-6-17(18)26(29,30)31)24-21(38)20(23-22(40-24)19(37)11-39-23)35-10-14(9-32-35)13-3-2-4-15(27)7-13/h2-10,19-24,37-38H,11H2,1H3/t19?,20?,21?,22?,23-,24-/m1/s1. The van der Waals surface area contributed by atoms with Crippen LogP contribution in [0.2, 0.25) is 10.0 Å². The summed E-state index contributed by atoms with van der Waals surface area (Å²) in [6.07, 6.45) is -6.93. The Morgan fingerprint density at radius 3 is 2.55 bits per heavy atom. The molecule has 0 spiro atoms. The van der Waals surface area contributed by atoms with Gasteiger partial charge in [-0.15, -0.1) is 0 Å². The van der Waals surface area contributed by atoms with Gasteiger partial charge in [-0.1, -0.05) is 35.3 Å². The van der Waals surface area contributed by atoms with Crippen molar-refractivity contribution in [3.63, 3.8) is 0 Å². The largest absolute Gasteiger partial charge is 0.418 e. The van der Waals surface area contributed by atoms with Crippen molar-refractivity contribution >= 4 is 23.2 Å². The second kappa shape index (κ2) is 10.1. The molecular formula is C26H22Cl2F3N5O4. The number of aryl methyl sites for hydroxylation is 1. The van der Waals surface area contributed by atoms with Gasteiger partial charge >= 0.3 is 6.18 Å². The molecule has 40 heavy (non-hydrogen) atoms. The Morgan fingerprint density at radius 2 is 1.80 bits per heavy atom. The Hall–Kier alpha value is -3.00. The van der Waals surface area contributed by atoms with E-state index in [2.05, 4.69) is 15.2 Å². The van der Waals surface area contributed by atoms with Crippen molar-refractivity contribution in [1.82, 2.24) is 24.5 Å². The summed E-state index contributed by atoms with van der Waals surface area (Å²) in [4.78, 5) is 4.33. The predicted molar refractivity (Wildman–Crippen MR) is 137 cm³/mol. The maximum absolute atomic E-state index is 13.9. The number of rotatable bonds is 4. The van der Waals surface area contributed by atoms with E-state index in [1.165, 1.54) is 11.6 Å². The first kappa shape index (κ1) is 27.2. The highest BCUT2D eigenvalue weighted by Crippen LogP contribution is 2.44. The Kier molecular flexibility index (Phi) is 6.88. The van der Waals surface area contributed by atoms with Gasteiger partial charge in [0.15, 0.2) is 5.82 Å². The van der Waals surface area contributed by atoms with Crippen LogP contribution in [0.5, 0.6) is 0 Å². The van der Waals surface area contributed by atoms with Crippen molar-refractivity contribution in [1.29, 1.82) is 0 Å². The van der Waals surface area contributed by atoms with Crippen LogP contribution >= 0.6 is 23.2 Å². The summed E-state index contributed by atoms with van der Waals surface area (Å²) in [5.41, 5.74) is 0.123. The molecule has 9 nitrogen and oxygen atoms in total. The van der Waals surface area contributed by atoms with Crippen molar-refractivity contribution in [2.75, 3.05) is 6.61 Å². The molecule has 6 atom stereocenters. The Labute approximate surface area is 235 Å². The first-order valence-corrected chi connectivity index (χ1v) is 13.0. The van der Waals surface area contributed by atoms with E-state index in [1.54, 1.807) is 30.6 Å². The molecule has 0 amide bonds. The van der Waals surface area contributed by atoms with E-state index in [0.717, 1.165) is 28.4 Å². The quantitative estimate of drug-likeness (QED) is 0.356. The number of ether oxygens (including phenoxy) is 2. The van der Waals surface area contributed by atoms with Crippen LogP contribution in [0, 0.1) is 6.92 Å². The molecule has 4 unspecified atom stereocenters. The van der Waals surface area contributed by atoms with Crippen molar-refractivity contribution < 1.29 is 32.9 Å². The van der Waals surface area contributed by atoms with Crippen LogP contribution in [0.1, 0.15) is 29.4 Å². The molecule has 2 aliphatic rings. The zero-order valence-electron chi connectivity index (χ0n) is 20.7. The number of aliphatic hydroxyl groups excluding tert-OH is 2. The molecule has 0 saturated carbocycles. The van der Waals surface area contributed by atoms with E-state index in [0.29, 0.717) is 10.6 Å². The van der Waals surface area contributed by atoms with Crippen molar-refractivity contribution in [2.45, 2.75) is 49.7 Å². The summed E-state index contributed by atoms with van der Waals surface area (Å²) >= 11 is 12.2. The molecule has 2 aromatic carbocycles. The van der Waals surface area contributed by atoms with Crippen molar-refractivity contribution in [2.24, 2.45) is 0 Å². The zero-order chi connectivity index (χ0) is 28.3. The van der Waals surface area contributed by atoms with Crippen LogP contribution in [-0.2, 0) is 15.7 Å². The van der Waals surface area contributed by atoms with E-state index >= 15 is 0 Å². The van der Waals surface area contributed by atoms with Gasteiger partial charge in [0, 0.05) is 21.8 Å². The van der Waals surface area contributed by atoms with Gasteiger partial charge in [-0.25, -0.2) is 9.67 Å². The second-order valence-corrected chi connectivity index (χ2v) is 10.5. The third-order valence-electron chi connectivity index (χ3n) is 7.01. The fourth-order valence-electron chi connectivity index (χ4n) is 5.25. The van der Waals surface area contributed by atoms with Gasteiger partial charge in [0.2, 0.25) is 0 Å². The van der Waals surface area contributed by atoms with Gasteiger partial charge in [-0.05, 0) is 42.8 Å². The summed E-state index contributed by atoms with van der Waals surface area (Å²) in [7, 11) is 0. The molecule has 4 heterocycles. The molecule has 0 aliphatic carbocycles. The minimum absolute atomic E-state index is 0.0508. The number of hydrogen-bond donors (Lipinski definition) is 2. The van der Waals surface area contributed by atoms with Gasteiger partial charge < -0.3 is 19.7 Å². The van der Waals surface area contributed by atoms with Crippen LogP contribution < -0.4 is 0 Å². The van der Waals surface area contributed by atoms with Crippen molar-refractivity contribution in [3.8, 4) is 16.8 Å². The molecule has 0 bridgehead atoms. The fourth-order valence-corrected chi connectivity index (χ4v) is 5.61. The van der Waals surface area contributed by atoms with Gasteiger partial charge in [-0.2, -0.15) is 23.4 Å². The molecule has 2 aliphatic heterocycles. The number of aromatic nitrogens is 5. The third kappa shape index (κ3) is 4.78. The summed E-state index contributed by atoms with van der Waals surface area (Å²) in [6, 6.07) is 9.36. The van der Waals surface area contributed by atoms with E-state index < -0.39 is 48.3 Å². The number of halogens is 5. The maximum Gasteiger partial charge on any atom is 0.418 e. The van der Waals surface area contributed by atoms with Crippen LogP contribution in [0.4, 0.5) is 13.2 Å². The first-order chi connectivity index (χ1) is 19.0. The summed E-state index contributed by atoms with van der Waals surface area (Å²) in [6.45, 7) is 1.44. The molecule has 2 N–H and O–H groups in total. The average Bonchev–Trinajstić information content (AvgIpc) is 3.62. The van der Waals surface area contributed by atoms with E-state index in [9.17, 15) is 23.4 Å². The number of fused-ring (bicyclic) bond motifs is 1. The highest BCUT2D eigenvalue weighted by Gasteiger charge is 2.54. The van der Waals surface area contributed by atoms with E-state index in [1.807, 2.05) is 6.07 Å². The number of nitrogens with zero attached hydrogens (tertiary/aromatic N) is 5. The normalized spacial score (nSPS) is 26.7. The van der Waals surface area contributed by atoms with Crippen LogP contribution in [-0.4, -0.2) is 65.8 Å². The SMILES string of the molecule is Cc1nc([C@@H]2OC3C(O)CO[C@@H]3C(n3cc(-c4cccc(Cl)c4)cn3)C2O)n(-c2cc(Cl)ccc2C(F)(F)F)n1. The lowest BCUT2D eigenvalue weighted by Gasteiger charge is -2.41. The molecular weight excluding hydrogens is 574 g/mol. The topological polar surface area (TPSA) is 107 Å². The predicted octanol–water partition coefficient (Wildman–Crippen LogP) is 4.57. The molecule has 0 radical (unpaired) electrons. The van der Waals surface area contributed by atoms with Crippen LogP contribution in [0.25, 0.3) is 16.8 Å². The van der Waals surface area contributed by atoms with Crippen molar-refractivity contribution in [3.05, 3.63) is 82.1 Å². The highest BCUT2D eigenvalue weighted by atomic mass is 35.5. The third-order valence-corrected chi connectivity index (χ3v) is 7.48. The van der Waals surface area contributed by atoms with Gasteiger partial charge in [0.05, 0.1) is 24.1 Å². The molecule has 2 fully saturated rings. The van der Waals surface area contributed by atoms with E-state index in [4.69, 9.17) is 32.7 Å². The monoisotopic (exact) mass is 595 g/mol. The molecule has 2 aromatic heterocycles. The maximum atomic E-state index is 13.9. The molecule has 210 valence electrons. The smallest absolute Gasteiger partial charge is 0.388 e. The number of hydrogen-bond acceptors (Lipinski definition) is 7. The van der Waals surface area contributed by atoms with Gasteiger partial charge in [-0.3, -0.25) is 4.68 Å². The zero-order valence-corrected chi connectivity index (χ0v) is 22.2. The van der Waals surface area contributed by atoms with Crippen LogP contribution in [0.15, 0.2) is 54.9 Å². The minimum Gasteiger partial charge on any atom is -0.388 e. The first-order valence-electron chi connectivity index (χ1n) is 12.3. The van der Waals surface area contributed by atoms with E-state index in [-0.39, 0.29) is 29.0 Å². The number of alkyl halides is 3.